The molecule has 0 radical (unpaired) electrons. The van der Waals surface area contributed by atoms with Gasteiger partial charge in [-0.3, -0.25) is 14.9 Å². The topological polar surface area (TPSA) is 91.1 Å². The number of likely N-dealkylation sites (tertiary alicyclic amines) is 1. The van der Waals surface area contributed by atoms with Gasteiger partial charge in [-0.25, -0.2) is 0 Å². The van der Waals surface area contributed by atoms with Gasteiger partial charge in [-0.05, 0) is 42.7 Å². The van der Waals surface area contributed by atoms with Crippen molar-refractivity contribution < 1.29 is 23.9 Å². The third-order valence-corrected chi connectivity index (χ3v) is 5.66. The summed E-state index contributed by atoms with van der Waals surface area (Å²) in [6, 6.07) is 10.6. The fourth-order valence-electron chi connectivity index (χ4n) is 4.04. The number of ether oxygens (including phenoxy) is 3. The first-order chi connectivity index (χ1) is 15.1. The van der Waals surface area contributed by atoms with E-state index < -0.39 is 4.92 Å². The molecule has 1 saturated heterocycles. The van der Waals surface area contributed by atoms with Crippen molar-refractivity contribution in [2.75, 3.05) is 20.4 Å². The van der Waals surface area contributed by atoms with Crippen LogP contribution in [0.25, 0.3) is 6.08 Å². The van der Waals surface area contributed by atoms with E-state index in [-0.39, 0.29) is 24.4 Å². The van der Waals surface area contributed by atoms with Crippen LogP contribution in [0, 0.1) is 10.1 Å². The Morgan fingerprint density at radius 1 is 1.16 bits per heavy atom. The number of carbonyl (C=O) groups excluding carboxylic acids is 1. The largest absolute Gasteiger partial charge is 0.497 e. The fourth-order valence-corrected chi connectivity index (χ4v) is 4.04. The van der Waals surface area contributed by atoms with E-state index in [0.717, 1.165) is 37.0 Å². The highest BCUT2D eigenvalue weighted by Gasteiger charge is 2.26. The highest BCUT2D eigenvalue weighted by atomic mass is 16.7. The maximum Gasteiger partial charge on any atom is 0.280 e. The molecular formula is C23H24N2O6. The van der Waals surface area contributed by atoms with Crippen molar-refractivity contribution in [1.82, 2.24) is 4.90 Å². The summed E-state index contributed by atoms with van der Waals surface area (Å²) in [6.45, 7) is 0.666. The summed E-state index contributed by atoms with van der Waals surface area (Å²) in [7, 11) is 1.62. The van der Waals surface area contributed by atoms with E-state index >= 15 is 0 Å². The van der Waals surface area contributed by atoms with Gasteiger partial charge in [-0.2, -0.15) is 0 Å². The van der Waals surface area contributed by atoms with E-state index in [9.17, 15) is 14.9 Å². The van der Waals surface area contributed by atoms with Crippen molar-refractivity contribution in [3.05, 3.63) is 63.7 Å². The lowest BCUT2D eigenvalue weighted by molar-refractivity contribution is -0.385. The zero-order chi connectivity index (χ0) is 21.8. The van der Waals surface area contributed by atoms with Gasteiger partial charge < -0.3 is 19.1 Å². The molecule has 0 N–H and O–H groups in total. The van der Waals surface area contributed by atoms with Crippen LogP contribution in [0.5, 0.6) is 17.2 Å². The molecule has 0 unspecified atom stereocenters. The molecule has 0 aromatic heterocycles. The Morgan fingerprint density at radius 2 is 1.90 bits per heavy atom. The summed E-state index contributed by atoms with van der Waals surface area (Å²) in [4.78, 5) is 26.0. The van der Waals surface area contributed by atoms with Crippen LogP contribution in [0.3, 0.4) is 0 Å². The number of methoxy groups -OCH3 is 1. The van der Waals surface area contributed by atoms with E-state index in [4.69, 9.17) is 14.2 Å². The van der Waals surface area contributed by atoms with E-state index in [1.807, 2.05) is 29.2 Å². The highest BCUT2D eigenvalue weighted by molar-refractivity contribution is 5.93. The van der Waals surface area contributed by atoms with E-state index in [2.05, 4.69) is 0 Å². The van der Waals surface area contributed by atoms with Gasteiger partial charge in [0, 0.05) is 12.6 Å². The number of hydrogen-bond donors (Lipinski definition) is 0. The number of benzene rings is 2. The molecule has 8 heteroatoms. The summed E-state index contributed by atoms with van der Waals surface area (Å²) in [6.07, 6.45) is 6.79. The normalized spacial score (nSPS) is 18.1. The number of nitro groups is 1. The standard InChI is InChI=1S/C23H24N2O6/c1-29-18-9-6-16(7-10-18)19-5-3-2-4-12-24(19)23(26)11-8-17-13-21-22(31-15-30-21)14-20(17)25(27)28/h6-11,13-14,19H,2-5,12,15H2,1H3/b11-8-/t19-/m1/s1. The predicted molar refractivity (Wildman–Crippen MR) is 114 cm³/mol. The molecule has 4 rings (SSSR count). The van der Waals surface area contributed by atoms with Crippen molar-refractivity contribution in [3.8, 4) is 17.2 Å². The minimum atomic E-state index is -0.488. The zero-order valence-electron chi connectivity index (χ0n) is 17.3. The number of rotatable bonds is 5. The SMILES string of the molecule is COc1ccc([C@H]2CCCCCN2C(=O)/C=C\c2cc3c(cc2[N+](=O)[O-])OCO3)cc1. The number of amides is 1. The monoisotopic (exact) mass is 424 g/mol. The average Bonchev–Trinajstić information content (AvgIpc) is 3.10. The molecule has 0 spiro atoms. The quantitative estimate of drug-likeness (QED) is 0.399. The summed E-state index contributed by atoms with van der Waals surface area (Å²) in [5.74, 6) is 1.37. The highest BCUT2D eigenvalue weighted by Crippen LogP contribution is 2.38. The second-order valence-corrected chi connectivity index (χ2v) is 7.52. The van der Waals surface area contributed by atoms with Crippen LogP contribution in [-0.4, -0.2) is 36.2 Å². The lowest BCUT2D eigenvalue weighted by Gasteiger charge is -2.29. The molecule has 8 nitrogen and oxygen atoms in total. The molecule has 0 saturated carbocycles. The molecule has 162 valence electrons. The Bertz CT molecular complexity index is 1000. The van der Waals surface area contributed by atoms with Gasteiger partial charge in [0.25, 0.3) is 5.69 Å². The van der Waals surface area contributed by atoms with Gasteiger partial charge in [0.05, 0.1) is 29.7 Å². The first-order valence-electron chi connectivity index (χ1n) is 10.3. The Hall–Kier alpha value is -3.55. The molecule has 31 heavy (non-hydrogen) atoms. The number of hydrogen-bond acceptors (Lipinski definition) is 6. The van der Waals surface area contributed by atoms with Crippen LogP contribution in [0.15, 0.2) is 42.5 Å². The minimum absolute atomic E-state index is 0.0237. The van der Waals surface area contributed by atoms with Crippen molar-refractivity contribution in [3.63, 3.8) is 0 Å². The second kappa shape index (κ2) is 9.07. The van der Waals surface area contributed by atoms with Gasteiger partial charge in [0.15, 0.2) is 11.5 Å². The molecule has 0 aliphatic carbocycles. The van der Waals surface area contributed by atoms with Crippen molar-refractivity contribution in [2.24, 2.45) is 0 Å². The van der Waals surface area contributed by atoms with Crippen LogP contribution in [0.2, 0.25) is 0 Å². The lowest BCUT2D eigenvalue weighted by atomic mass is 10.0. The van der Waals surface area contributed by atoms with Crippen LogP contribution >= 0.6 is 0 Å². The molecule has 0 bridgehead atoms. The van der Waals surface area contributed by atoms with Gasteiger partial charge in [-0.1, -0.05) is 25.0 Å². The Kier molecular flexibility index (Phi) is 6.06. The van der Waals surface area contributed by atoms with E-state index in [1.54, 1.807) is 7.11 Å². The van der Waals surface area contributed by atoms with Gasteiger partial charge in [0.2, 0.25) is 12.7 Å². The molecular weight excluding hydrogens is 400 g/mol. The van der Waals surface area contributed by atoms with E-state index in [1.165, 1.54) is 24.3 Å². The predicted octanol–water partition coefficient (Wildman–Crippen LogP) is 4.49. The van der Waals surface area contributed by atoms with Gasteiger partial charge in [0.1, 0.15) is 5.75 Å². The van der Waals surface area contributed by atoms with Crippen LogP contribution in [-0.2, 0) is 4.79 Å². The molecule has 1 amide bonds. The summed E-state index contributed by atoms with van der Waals surface area (Å²) >= 11 is 0. The lowest BCUT2D eigenvalue weighted by Crippen LogP contribution is -2.33. The maximum atomic E-state index is 13.1. The van der Waals surface area contributed by atoms with Crippen molar-refractivity contribution >= 4 is 17.7 Å². The Balaban J connectivity index is 1.59. The minimum Gasteiger partial charge on any atom is -0.497 e. The van der Waals surface area contributed by atoms with Gasteiger partial charge >= 0.3 is 0 Å². The Morgan fingerprint density at radius 3 is 2.61 bits per heavy atom. The summed E-state index contributed by atoms with van der Waals surface area (Å²) < 4.78 is 15.8. The summed E-state index contributed by atoms with van der Waals surface area (Å²) in [5, 5.41) is 11.5. The second-order valence-electron chi connectivity index (χ2n) is 7.52. The molecule has 2 aromatic rings. The molecule has 1 fully saturated rings. The average molecular weight is 424 g/mol. The smallest absolute Gasteiger partial charge is 0.280 e. The Labute approximate surface area is 180 Å². The van der Waals surface area contributed by atoms with Crippen molar-refractivity contribution in [2.45, 2.75) is 31.7 Å². The van der Waals surface area contributed by atoms with E-state index in [0.29, 0.717) is 23.6 Å². The summed E-state index contributed by atoms with van der Waals surface area (Å²) in [5.41, 5.74) is 1.23. The van der Waals surface area contributed by atoms with Crippen molar-refractivity contribution in [1.29, 1.82) is 0 Å². The first-order valence-corrected chi connectivity index (χ1v) is 10.3. The number of nitrogens with zero attached hydrogens (tertiary/aromatic N) is 2. The first kappa shape index (κ1) is 20.7. The van der Waals surface area contributed by atoms with Crippen LogP contribution in [0.1, 0.15) is 42.9 Å². The van der Waals surface area contributed by atoms with Gasteiger partial charge in [-0.15, -0.1) is 0 Å². The number of nitro benzene ring substituents is 1. The maximum absolute atomic E-state index is 13.1. The third kappa shape index (κ3) is 4.47. The molecule has 1 atom stereocenters. The number of carbonyl (C=O) groups is 1. The van der Waals surface area contributed by atoms with Crippen LogP contribution in [0.4, 0.5) is 5.69 Å². The fraction of sp³-hybridized carbons (Fsp3) is 0.348. The number of fused-ring (bicyclic) bond motifs is 1. The molecule has 2 aromatic carbocycles. The van der Waals surface area contributed by atoms with Crippen LogP contribution < -0.4 is 14.2 Å². The molecule has 2 aliphatic heterocycles. The molecule has 2 aliphatic rings. The molecule has 2 heterocycles. The zero-order valence-corrected chi connectivity index (χ0v) is 17.3. The third-order valence-electron chi connectivity index (χ3n) is 5.66.